The number of carbonyl (C=O) groups excluding carboxylic acids is 1. The van der Waals surface area contributed by atoms with Crippen LogP contribution in [-0.2, 0) is 7.05 Å². The summed E-state index contributed by atoms with van der Waals surface area (Å²) in [6.07, 6.45) is 0. The summed E-state index contributed by atoms with van der Waals surface area (Å²) in [5, 5.41) is 12.7. The number of amides is 1. The summed E-state index contributed by atoms with van der Waals surface area (Å²) >= 11 is 1.60. The lowest BCUT2D eigenvalue weighted by molar-refractivity contribution is 0.101. The molecular formula is C24H27N7OS. The Hall–Kier alpha value is -3.72. The molecule has 4 aromatic rings. The molecular weight excluding hydrogens is 434 g/mol. The van der Waals surface area contributed by atoms with Gasteiger partial charge in [-0.25, -0.2) is 9.97 Å². The maximum absolute atomic E-state index is 12.8. The number of carbonyl (C=O) groups is 1. The van der Waals surface area contributed by atoms with Crippen LogP contribution in [0.3, 0.4) is 0 Å². The van der Waals surface area contributed by atoms with Crippen LogP contribution < -0.4 is 15.5 Å². The molecule has 3 heterocycles. The van der Waals surface area contributed by atoms with Crippen LogP contribution in [0.25, 0.3) is 10.6 Å². The highest BCUT2D eigenvalue weighted by Crippen LogP contribution is 2.25. The van der Waals surface area contributed by atoms with Crippen molar-refractivity contribution in [2.24, 2.45) is 7.05 Å². The molecule has 170 valence electrons. The summed E-state index contributed by atoms with van der Waals surface area (Å²) in [6, 6.07) is 15.2. The van der Waals surface area contributed by atoms with Gasteiger partial charge in [0, 0.05) is 37.6 Å². The van der Waals surface area contributed by atoms with Crippen molar-refractivity contribution in [3.8, 4) is 10.6 Å². The Balaban J connectivity index is 1.45. The highest BCUT2D eigenvalue weighted by Gasteiger charge is 2.15. The zero-order chi connectivity index (χ0) is 23.4. The first-order chi connectivity index (χ1) is 16.0. The van der Waals surface area contributed by atoms with Gasteiger partial charge in [-0.1, -0.05) is 6.07 Å². The molecule has 0 fully saturated rings. The molecule has 33 heavy (non-hydrogen) atoms. The number of aryl methyl sites for hydroxylation is 2. The maximum atomic E-state index is 12.8. The molecule has 0 spiro atoms. The second kappa shape index (κ2) is 9.83. The van der Waals surface area contributed by atoms with Crippen molar-refractivity contribution in [3.63, 3.8) is 0 Å². The highest BCUT2D eigenvalue weighted by molar-refractivity contribution is 7.13. The predicted octanol–water partition coefficient (Wildman–Crippen LogP) is 5.09. The third-order valence-corrected chi connectivity index (χ3v) is 6.11. The molecule has 0 atom stereocenters. The van der Waals surface area contributed by atoms with Crippen molar-refractivity contribution in [2.75, 3.05) is 28.6 Å². The molecule has 2 N–H and O–H groups in total. The van der Waals surface area contributed by atoms with E-state index in [1.54, 1.807) is 23.1 Å². The van der Waals surface area contributed by atoms with Crippen LogP contribution in [0.1, 0.15) is 30.2 Å². The Bertz CT molecular complexity index is 1230. The van der Waals surface area contributed by atoms with Crippen molar-refractivity contribution in [3.05, 3.63) is 65.4 Å². The number of hydrogen-bond acceptors (Lipinski definition) is 7. The minimum atomic E-state index is -0.205. The van der Waals surface area contributed by atoms with Gasteiger partial charge < -0.3 is 15.5 Å². The van der Waals surface area contributed by atoms with E-state index < -0.39 is 0 Å². The summed E-state index contributed by atoms with van der Waals surface area (Å²) in [5.74, 6) is 2.14. The van der Waals surface area contributed by atoms with E-state index in [4.69, 9.17) is 0 Å². The average Bonchev–Trinajstić information content (AvgIpc) is 3.45. The van der Waals surface area contributed by atoms with Gasteiger partial charge in [-0.2, -0.15) is 5.10 Å². The largest absolute Gasteiger partial charge is 0.357 e. The second-order valence-electron chi connectivity index (χ2n) is 7.50. The van der Waals surface area contributed by atoms with Crippen molar-refractivity contribution in [1.82, 2.24) is 19.7 Å². The van der Waals surface area contributed by atoms with Gasteiger partial charge in [0.25, 0.3) is 5.91 Å². The Labute approximate surface area is 197 Å². The average molecular weight is 462 g/mol. The fourth-order valence-corrected chi connectivity index (χ4v) is 4.21. The van der Waals surface area contributed by atoms with Gasteiger partial charge in [0.05, 0.1) is 4.88 Å². The van der Waals surface area contributed by atoms with E-state index in [9.17, 15) is 4.79 Å². The van der Waals surface area contributed by atoms with Gasteiger partial charge in [-0.05, 0) is 62.5 Å². The molecule has 3 aromatic heterocycles. The van der Waals surface area contributed by atoms with Gasteiger partial charge in [-0.3, -0.25) is 9.48 Å². The number of aromatic nitrogens is 4. The fourth-order valence-electron chi connectivity index (χ4n) is 3.53. The first-order valence-electron chi connectivity index (χ1n) is 10.8. The summed E-state index contributed by atoms with van der Waals surface area (Å²) in [5.41, 5.74) is 2.87. The lowest BCUT2D eigenvalue weighted by Crippen LogP contribution is -2.23. The van der Waals surface area contributed by atoms with Gasteiger partial charge in [0.2, 0.25) is 0 Å². The number of nitrogens with one attached hydrogen (secondary N) is 2. The molecule has 0 unspecified atom stereocenters. The minimum Gasteiger partial charge on any atom is -0.357 e. The third kappa shape index (κ3) is 5.20. The molecule has 0 radical (unpaired) electrons. The second-order valence-corrected chi connectivity index (χ2v) is 8.45. The molecule has 0 bridgehead atoms. The molecule has 0 aliphatic heterocycles. The molecule has 1 aromatic carbocycles. The van der Waals surface area contributed by atoms with Crippen LogP contribution in [0.15, 0.2) is 53.9 Å². The van der Waals surface area contributed by atoms with E-state index in [1.807, 2.05) is 60.8 Å². The summed E-state index contributed by atoms with van der Waals surface area (Å²) in [4.78, 5) is 25.0. The Morgan fingerprint density at radius 2 is 1.79 bits per heavy atom. The Morgan fingerprint density at radius 1 is 1.06 bits per heavy atom. The van der Waals surface area contributed by atoms with E-state index in [1.165, 1.54) is 0 Å². The molecule has 0 saturated heterocycles. The van der Waals surface area contributed by atoms with Gasteiger partial charge in [-0.15, -0.1) is 11.3 Å². The number of anilines is 4. The van der Waals surface area contributed by atoms with Gasteiger partial charge in [0.1, 0.15) is 28.8 Å². The Kier molecular flexibility index (Phi) is 6.69. The van der Waals surface area contributed by atoms with Crippen LogP contribution in [0, 0.1) is 6.92 Å². The SMILES string of the molecule is CCN(CC)c1cc(Nc2ccc(NC(=O)c3cc(-c4cccs4)nn3C)cc2)nc(C)n1. The highest BCUT2D eigenvalue weighted by atomic mass is 32.1. The van der Waals surface area contributed by atoms with Crippen molar-refractivity contribution < 1.29 is 4.79 Å². The van der Waals surface area contributed by atoms with Gasteiger partial charge in [0.15, 0.2) is 0 Å². The topological polar surface area (TPSA) is 88.0 Å². The lowest BCUT2D eigenvalue weighted by atomic mass is 10.2. The van der Waals surface area contributed by atoms with Crippen LogP contribution in [0.4, 0.5) is 23.0 Å². The number of benzene rings is 1. The van der Waals surface area contributed by atoms with Crippen molar-refractivity contribution >= 4 is 40.3 Å². The standard InChI is InChI=1S/C24H27N7OS/c1-5-31(6-2)23-15-22(25-16(3)26-23)27-17-9-11-18(12-10-17)28-24(32)20-14-19(29-30(20)4)21-8-7-13-33-21/h7-15H,5-6H2,1-4H3,(H,28,32)(H,25,26,27). The number of hydrogen-bond donors (Lipinski definition) is 2. The van der Waals surface area contributed by atoms with Gasteiger partial charge >= 0.3 is 0 Å². The lowest BCUT2D eigenvalue weighted by Gasteiger charge is -2.20. The zero-order valence-electron chi connectivity index (χ0n) is 19.2. The molecule has 8 nitrogen and oxygen atoms in total. The fraction of sp³-hybridized carbons (Fsp3) is 0.250. The molecule has 0 aliphatic carbocycles. The molecule has 4 rings (SSSR count). The third-order valence-electron chi connectivity index (χ3n) is 5.21. The van der Waals surface area contributed by atoms with E-state index in [0.717, 1.165) is 41.0 Å². The molecule has 0 saturated carbocycles. The maximum Gasteiger partial charge on any atom is 0.273 e. The van der Waals surface area contributed by atoms with Crippen molar-refractivity contribution in [1.29, 1.82) is 0 Å². The zero-order valence-corrected chi connectivity index (χ0v) is 20.0. The molecule has 9 heteroatoms. The normalized spacial score (nSPS) is 10.8. The first kappa shape index (κ1) is 22.5. The molecule has 1 amide bonds. The summed E-state index contributed by atoms with van der Waals surface area (Å²) < 4.78 is 1.60. The number of nitrogens with zero attached hydrogens (tertiary/aromatic N) is 5. The van der Waals surface area contributed by atoms with E-state index in [2.05, 4.69) is 44.4 Å². The van der Waals surface area contributed by atoms with E-state index in [-0.39, 0.29) is 5.91 Å². The number of rotatable bonds is 8. The Morgan fingerprint density at radius 3 is 2.45 bits per heavy atom. The van der Waals surface area contributed by atoms with E-state index >= 15 is 0 Å². The first-order valence-corrected chi connectivity index (χ1v) is 11.7. The minimum absolute atomic E-state index is 0.205. The number of thiophene rings is 1. The van der Waals surface area contributed by atoms with Crippen LogP contribution in [-0.4, -0.2) is 38.7 Å². The van der Waals surface area contributed by atoms with Crippen molar-refractivity contribution in [2.45, 2.75) is 20.8 Å². The monoisotopic (exact) mass is 461 g/mol. The summed E-state index contributed by atoms with van der Waals surface area (Å²) in [6.45, 7) is 7.86. The predicted molar refractivity (Wildman–Crippen MR) is 135 cm³/mol. The smallest absolute Gasteiger partial charge is 0.273 e. The quantitative estimate of drug-likeness (QED) is 0.380. The van der Waals surface area contributed by atoms with Crippen LogP contribution >= 0.6 is 11.3 Å². The van der Waals surface area contributed by atoms with Crippen LogP contribution in [0.2, 0.25) is 0 Å². The van der Waals surface area contributed by atoms with E-state index in [0.29, 0.717) is 17.2 Å². The summed E-state index contributed by atoms with van der Waals surface area (Å²) in [7, 11) is 1.77. The molecule has 0 aliphatic rings. The van der Waals surface area contributed by atoms with Crippen LogP contribution in [0.5, 0.6) is 0 Å².